The molecule has 0 aliphatic heterocycles. The summed E-state index contributed by atoms with van der Waals surface area (Å²) in [7, 11) is 0. The molecule has 1 aromatic heterocycles. The molecule has 6 nitrogen and oxygen atoms in total. The van der Waals surface area contributed by atoms with Gasteiger partial charge in [0.25, 0.3) is 11.5 Å². The van der Waals surface area contributed by atoms with Gasteiger partial charge >= 0.3 is 0 Å². The summed E-state index contributed by atoms with van der Waals surface area (Å²) in [6.45, 7) is 1.82. The van der Waals surface area contributed by atoms with E-state index in [1.165, 1.54) is 16.8 Å². The van der Waals surface area contributed by atoms with Crippen LogP contribution in [0.5, 0.6) is 0 Å². The SMILES string of the molecule is CC(CO)NC(=O)c1ccc(=O)n(Cc2ccccc2)n1. The number of hydrogen-bond donors (Lipinski definition) is 2. The van der Waals surface area contributed by atoms with E-state index in [1.807, 2.05) is 30.3 Å². The highest BCUT2D eigenvalue weighted by Crippen LogP contribution is 2.00. The Balaban J connectivity index is 2.21. The van der Waals surface area contributed by atoms with Gasteiger partial charge in [0.1, 0.15) is 5.69 Å². The molecule has 0 aliphatic rings. The van der Waals surface area contributed by atoms with Crippen molar-refractivity contribution in [1.29, 1.82) is 0 Å². The van der Waals surface area contributed by atoms with E-state index in [2.05, 4.69) is 10.4 Å². The van der Waals surface area contributed by atoms with Crippen molar-refractivity contribution in [3.8, 4) is 0 Å². The minimum Gasteiger partial charge on any atom is -0.394 e. The number of aromatic nitrogens is 2. The van der Waals surface area contributed by atoms with Crippen molar-refractivity contribution in [2.24, 2.45) is 0 Å². The van der Waals surface area contributed by atoms with Gasteiger partial charge in [-0.15, -0.1) is 0 Å². The fraction of sp³-hybridized carbons (Fsp3) is 0.267. The van der Waals surface area contributed by atoms with Gasteiger partial charge in [0.05, 0.1) is 13.2 Å². The molecule has 110 valence electrons. The number of aliphatic hydroxyl groups is 1. The summed E-state index contributed by atoms with van der Waals surface area (Å²) >= 11 is 0. The van der Waals surface area contributed by atoms with Crippen molar-refractivity contribution in [1.82, 2.24) is 15.1 Å². The molecule has 0 saturated carbocycles. The fourth-order valence-electron chi connectivity index (χ4n) is 1.78. The number of aliphatic hydroxyl groups excluding tert-OH is 1. The normalized spacial score (nSPS) is 11.9. The largest absolute Gasteiger partial charge is 0.394 e. The lowest BCUT2D eigenvalue weighted by atomic mass is 10.2. The Labute approximate surface area is 122 Å². The van der Waals surface area contributed by atoms with E-state index in [-0.39, 0.29) is 23.9 Å². The average Bonchev–Trinajstić information content (AvgIpc) is 2.50. The molecule has 0 spiro atoms. The minimum atomic E-state index is -0.418. The van der Waals surface area contributed by atoms with E-state index in [0.29, 0.717) is 6.54 Å². The van der Waals surface area contributed by atoms with Gasteiger partial charge in [0.2, 0.25) is 0 Å². The number of benzene rings is 1. The molecular formula is C15H17N3O3. The number of carbonyl (C=O) groups is 1. The molecule has 2 rings (SSSR count). The van der Waals surface area contributed by atoms with Gasteiger partial charge in [-0.2, -0.15) is 5.10 Å². The second kappa shape index (κ2) is 6.81. The van der Waals surface area contributed by atoms with Gasteiger partial charge in [0, 0.05) is 12.1 Å². The number of nitrogens with zero attached hydrogens (tertiary/aromatic N) is 2. The Kier molecular flexibility index (Phi) is 4.84. The van der Waals surface area contributed by atoms with Crippen LogP contribution >= 0.6 is 0 Å². The van der Waals surface area contributed by atoms with Crippen molar-refractivity contribution in [2.45, 2.75) is 19.5 Å². The molecule has 0 fully saturated rings. The molecule has 6 heteroatoms. The van der Waals surface area contributed by atoms with Crippen LogP contribution in [-0.2, 0) is 6.54 Å². The first-order valence-electron chi connectivity index (χ1n) is 6.64. The first kappa shape index (κ1) is 14.9. The summed E-state index contributed by atoms with van der Waals surface area (Å²) in [6.07, 6.45) is 0. The summed E-state index contributed by atoms with van der Waals surface area (Å²) in [5.41, 5.74) is 0.796. The zero-order valence-corrected chi connectivity index (χ0v) is 11.7. The predicted octanol–water partition coefficient (Wildman–Crippen LogP) is 0.402. The van der Waals surface area contributed by atoms with E-state index in [1.54, 1.807) is 6.92 Å². The zero-order chi connectivity index (χ0) is 15.2. The zero-order valence-electron chi connectivity index (χ0n) is 11.7. The van der Waals surface area contributed by atoms with Crippen LogP contribution < -0.4 is 10.9 Å². The number of carbonyl (C=O) groups excluding carboxylic acids is 1. The Morgan fingerprint density at radius 2 is 2.00 bits per heavy atom. The highest BCUT2D eigenvalue weighted by atomic mass is 16.3. The molecule has 0 aliphatic carbocycles. The Morgan fingerprint density at radius 3 is 2.67 bits per heavy atom. The lowest BCUT2D eigenvalue weighted by Crippen LogP contribution is -2.37. The summed E-state index contributed by atoms with van der Waals surface area (Å²) in [4.78, 5) is 23.7. The number of hydrogen-bond acceptors (Lipinski definition) is 4. The molecule has 0 radical (unpaired) electrons. The second-order valence-electron chi connectivity index (χ2n) is 4.76. The monoisotopic (exact) mass is 287 g/mol. The van der Waals surface area contributed by atoms with Gasteiger partial charge in [-0.1, -0.05) is 30.3 Å². The lowest BCUT2D eigenvalue weighted by molar-refractivity contribution is 0.0914. The van der Waals surface area contributed by atoms with Crippen LogP contribution in [0.15, 0.2) is 47.3 Å². The minimum absolute atomic E-state index is 0.144. The third-order valence-electron chi connectivity index (χ3n) is 2.93. The molecule has 1 heterocycles. The van der Waals surface area contributed by atoms with Crippen molar-refractivity contribution in [3.63, 3.8) is 0 Å². The standard InChI is InChI=1S/C15H17N3O3/c1-11(10-19)16-15(21)13-7-8-14(20)18(17-13)9-12-5-3-2-4-6-12/h2-8,11,19H,9-10H2,1H3,(H,16,21). The van der Waals surface area contributed by atoms with Crippen LogP contribution in [0, 0.1) is 0 Å². The third kappa shape index (κ3) is 4.00. The van der Waals surface area contributed by atoms with Crippen molar-refractivity contribution < 1.29 is 9.90 Å². The Bertz CT molecular complexity index is 667. The Morgan fingerprint density at radius 1 is 1.29 bits per heavy atom. The topological polar surface area (TPSA) is 84.2 Å². The van der Waals surface area contributed by atoms with E-state index >= 15 is 0 Å². The van der Waals surface area contributed by atoms with Crippen LogP contribution in [0.1, 0.15) is 23.0 Å². The first-order valence-corrected chi connectivity index (χ1v) is 6.64. The van der Waals surface area contributed by atoms with E-state index < -0.39 is 5.91 Å². The molecule has 0 bridgehead atoms. The third-order valence-corrected chi connectivity index (χ3v) is 2.93. The highest BCUT2D eigenvalue weighted by molar-refractivity contribution is 5.92. The average molecular weight is 287 g/mol. The molecule has 21 heavy (non-hydrogen) atoms. The number of nitrogens with one attached hydrogen (secondary N) is 1. The molecule has 1 aromatic carbocycles. The summed E-state index contributed by atoms with van der Waals surface area (Å²) in [5, 5.41) is 15.6. The van der Waals surface area contributed by atoms with E-state index in [4.69, 9.17) is 5.11 Å². The maximum Gasteiger partial charge on any atom is 0.272 e. The van der Waals surface area contributed by atoms with E-state index in [0.717, 1.165) is 5.56 Å². The van der Waals surface area contributed by atoms with Gasteiger partial charge in [0.15, 0.2) is 0 Å². The summed E-state index contributed by atoms with van der Waals surface area (Å²) in [6, 6.07) is 11.7. The van der Waals surface area contributed by atoms with Crippen LogP contribution in [0.2, 0.25) is 0 Å². The maximum atomic E-state index is 11.9. The Hall–Kier alpha value is -2.47. The van der Waals surface area contributed by atoms with E-state index in [9.17, 15) is 9.59 Å². The highest BCUT2D eigenvalue weighted by Gasteiger charge is 2.12. The molecule has 1 amide bonds. The smallest absolute Gasteiger partial charge is 0.272 e. The van der Waals surface area contributed by atoms with Gasteiger partial charge in [-0.3, -0.25) is 9.59 Å². The van der Waals surface area contributed by atoms with Crippen molar-refractivity contribution in [2.75, 3.05) is 6.61 Å². The van der Waals surface area contributed by atoms with Crippen LogP contribution in [-0.4, -0.2) is 33.4 Å². The molecule has 1 unspecified atom stereocenters. The molecule has 0 saturated heterocycles. The number of amides is 1. The van der Waals surface area contributed by atoms with Gasteiger partial charge < -0.3 is 10.4 Å². The second-order valence-corrected chi connectivity index (χ2v) is 4.76. The number of rotatable bonds is 5. The molecule has 2 aromatic rings. The van der Waals surface area contributed by atoms with Crippen LogP contribution in [0.25, 0.3) is 0 Å². The van der Waals surface area contributed by atoms with Gasteiger partial charge in [-0.05, 0) is 18.6 Å². The first-order chi connectivity index (χ1) is 10.1. The fourth-order valence-corrected chi connectivity index (χ4v) is 1.78. The maximum absolute atomic E-state index is 11.9. The molecular weight excluding hydrogens is 270 g/mol. The van der Waals surface area contributed by atoms with Crippen LogP contribution in [0.3, 0.4) is 0 Å². The predicted molar refractivity (Wildman–Crippen MR) is 78.1 cm³/mol. The quantitative estimate of drug-likeness (QED) is 0.834. The summed E-state index contributed by atoms with van der Waals surface area (Å²) < 4.78 is 1.24. The lowest BCUT2D eigenvalue weighted by Gasteiger charge is -2.11. The molecule has 2 N–H and O–H groups in total. The van der Waals surface area contributed by atoms with Crippen LogP contribution in [0.4, 0.5) is 0 Å². The van der Waals surface area contributed by atoms with Crippen molar-refractivity contribution >= 4 is 5.91 Å². The van der Waals surface area contributed by atoms with Crippen molar-refractivity contribution in [3.05, 3.63) is 64.1 Å². The summed E-state index contributed by atoms with van der Waals surface area (Å²) in [5.74, 6) is -0.418. The molecule has 1 atom stereocenters. The van der Waals surface area contributed by atoms with Gasteiger partial charge in [-0.25, -0.2) is 4.68 Å².